The van der Waals surface area contributed by atoms with Crippen LogP contribution in [0.4, 0.5) is 21.8 Å². The van der Waals surface area contributed by atoms with Gasteiger partial charge in [0.1, 0.15) is 11.6 Å². The van der Waals surface area contributed by atoms with Crippen molar-refractivity contribution >= 4 is 23.4 Å². The van der Waals surface area contributed by atoms with Crippen molar-refractivity contribution in [2.45, 2.75) is 58.0 Å². The number of halogens is 1. The molecule has 33 heavy (non-hydrogen) atoms. The fourth-order valence-electron chi connectivity index (χ4n) is 3.70. The first-order valence-electron chi connectivity index (χ1n) is 11.6. The number of likely N-dealkylation sites (N-methyl/N-ethyl adjacent to an activating group) is 1. The molecule has 7 nitrogen and oxygen atoms in total. The summed E-state index contributed by atoms with van der Waals surface area (Å²) in [6.07, 6.45) is 6.50. The van der Waals surface area contributed by atoms with Gasteiger partial charge in [-0.1, -0.05) is 31.3 Å². The molecular formula is C25H33FN6O. The van der Waals surface area contributed by atoms with Gasteiger partial charge < -0.3 is 21.3 Å². The third-order valence-corrected chi connectivity index (χ3v) is 5.67. The summed E-state index contributed by atoms with van der Waals surface area (Å²) < 4.78 is 13.5. The highest BCUT2D eigenvalue weighted by molar-refractivity contribution is 5.81. The molecule has 3 rings (SSSR count). The zero-order valence-corrected chi connectivity index (χ0v) is 19.5. The Kier molecular flexibility index (Phi) is 9.02. The summed E-state index contributed by atoms with van der Waals surface area (Å²) in [6, 6.07) is 6.11. The lowest BCUT2D eigenvalue weighted by atomic mass is 9.86. The van der Waals surface area contributed by atoms with Crippen LogP contribution in [0, 0.1) is 23.6 Å². The molecule has 2 aromatic rings. The second-order valence-electron chi connectivity index (χ2n) is 8.37. The first-order valence-corrected chi connectivity index (χ1v) is 11.6. The third kappa shape index (κ3) is 7.43. The minimum Gasteiger partial charge on any atom is -0.369 e. The lowest BCUT2D eigenvalue weighted by Gasteiger charge is -2.28. The number of anilines is 3. The topological polar surface area (TPSA) is 91.0 Å². The van der Waals surface area contributed by atoms with Crippen molar-refractivity contribution in [2.75, 3.05) is 24.2 Å². The number of amides is 1. The maximum Gasteiger partial charge on any atom is 0.237 e. The van der Waals surface area contributed by atoms with Crippen molar-refractivity contribution in [2.24, 2.45) is 5.92 Å². The number of nitrogens with one attached hydrogen (secondary N) is 4. The van der Waals surface area contributed by atoms with Crippen molar-refractivity contribution in [3.05, 3.63) is 41.8 Å². The number of benzene rings is 1. The monoisotopic (exact) mass is 452 g/mol. The Hall–Kier alpha value is -3.18. The van der Waals surface area contributed by atoms with Crippen molar-refractivity contribution < 1.29 is 9.18 Å². The highest BCUT2D eigenvalue weighted by atomic mass is 19.1. The van der Waals surface area contributed by atoms with Crippen LogP contribution in [0.5, 0.6) is 0 Å². The Morgan fingerprint density at radius 2 is 2.18 bits per heavy atom. The second kappa shape index (κ2) is 12.2. The standard InChI is InChI=1S/C25H33FN6O/c1-4-13-28-23-19(16-29-25(32-23)31-22-10-6-8-20(26)15-22)12-11-18-7-5-9-21(14-18)30-24(33)17(2)27-3/h6,8,10,15-18,21,27H,4-5,7,9,13-14H2,1-3H3,(H,30,33)(H2,28,29,31,32)/t17-,18-,21?/m0/s1. The van der Waals surface area contributed by atoms with Crippen LogP contribution in [0.3, 0.4) is 0 Å². The van der Waals surface area contributed by atoms with Crippen LogP contribution in [0.15, 0.2) is 30.5 Å². The van der Waals surface area contributed by atoms with Crippen LogP contribution in [-0.2, 0) is 4.79 Å². The number of carbonyl (C=O) groups excluding carboxylic acids is 1. The molecule has 1 aliphatic rings. The van der Waals surface area contributed by atoms with Gasteiger partial charge >= 0.3 is 0 Å². The Morgan fingerprint density at radius 1 is 1.33 bits per heavy atom. The van der Waals surface area contributed by atoms with E-state index in [2.05, 4.69) is 50.0 Å². The van der Waals surface area contributed by atoms with Gasteiger partial charge in [-0.15, -0.1) is 0 Å². The van der Waals surface area contributed by atoms with Gasteiger partial charge in [0.2, 0.25) is 11.9 Å². The molecular weight excluding hydrogens is 419 g/mol. The van der Waals surface area contributed by atoms with Crippen LogP contribution < -0.4 is 21.3 Å². The average molecular weight is 453 g/mol. The van der Waals surface area contributed by atoms with Crippen molar-refractivity contribution in [3.8, 4) is 11.8 Å². The molecule has 4 N–H and O–H groups in total. The van der Waals surface area contributed by atoms with Gasteiger partial charge in [0, 0.05) is 24.2 Å². The van der Waals surface area contributed by atoms with Crippen molar-refractivity contribution in [3.63, 3.8) is 0 Å². The molecule has 0 bridgehead atoms. The summed E-state index contributed by atoms with van der Waals surface area (Å²) in [5.41, 5.74) is 1.31. The van der Waals surface area contributed by atoms with Crippen molar-refractivity contribution in [1.29, 1.82) is 0 Å². The maximum absolute atomic E-state index is 13.5. The number of hydrogen-bond acceptors (Lipinski definition) is 6. The fraction of sp³-hybridized carbons (Fsp3) is 0.480. The van der Waals surface area contributed by atoms with E-state index >= 15 is 0 Å². The third-order valence-electron chi connectivity index (χ3n) is 5.67. The molecule has 1 aromatic carbocycles. The van der Waals surface area contributed by atoms with Crippen LogP contribution in [0.1, 0.15) is 51.5 Å². The zero-order valence-electron chi connectivity index (χ0n) is 19.5. The van der Waals surface area contributed by atoms with Gasteiger partial charge in [-0.2, -0.15) is 4.98 Å². The maximum atomic E-state index is 13.5. The predicted octanol–water partition coefficient (Wildman–Crippen LogP) is 3.82. The molecule has 8 heteroatoms. The number of nitrogens with zero attached hydrogens (tertiary/aromatic N) is 2. The van der Waals surface area contributed by atoms with E-state index in [0.29, 0.717) is 17.5 Å². The fourth-order valence-corrected chi connectivity index (χ4v) is 3.70. The van der Waals surface area contributed by atoms with Crippen molar-refractivity contribution in [1.82, 2.24) is 20.6 Å². The minimum atomic E-state index is -0.325. The van der Waals surface area contributed by atoms with Crippen LogP contribution in [0.25, 0.3) is 0 Å². The van der Waals surface area contributed by atoms with E-state index in [1.165, 1.54) is 12.1 Å². The quantitative estimate of drug-likeness (QED) is 0.455. The zero-order chi connectivity index (χ0) is 23.6. The Labute approximate surface area is 195 Å². The van der Waals surface area contributed by atoms with Gasteiger partial charge in [0.25, 0.3) is 0 Å². The Morgan fingerprint density at radius 3 is 2.94 bits per heavy atom. The van der Waals surface area contributed by atoms with E-state index in [1.54, 1.807) is 25.4 Å². The molecule has 0 aliphatic heterocycles. The summed E-state index contributed by atoms with van der Waals surface area (Å²) in [6.45, 7) is 4.69. The lowest BCUT2D eigenvalue weighted by molar-refractivity contribution is -0.123. The van der Waals surface area contributed by atoms with Gasteiger partial charge in [0.05, 0.1) is 17.8 Å². The second-order valence-corrected chi connectivity index (χ2v) is 8.37. The molecule has 176 valence electrons. The molecule has 1 aliphatic carbocycles. The number of hydrogen-bond donors (Lipinski definition) is 4. The Bertz CT molecular complexity index is 1000. The average Bonchev–Trinajstić information content (AvgIpc) is 2.81. The molecule has 0 radical (unpaired) electrons. The Balaban J connectivity index is 1.71. The van der Waals surface area contributed by atoms with E-state index in [9.17, 15) is 9.18 Å². The molecule has 1 fully saturated rings. The van der Waals surface area contributed by atoms with Gasteiger partial charge in [-0.3, -0.25) is 4.79 Å². The molecule has 1 aromatic heterocycles. The van der Waals surface area contributed by atoms with Gasteiger partial charge in [-0.05, 0) is 57.9 Å². The van der Waals surface area contributed by atoms with E-state index in [4.69, 9.17) is 0 Å². The lowest BCUT2D eigenvalue weighted by Crippen LogP contribution is -2.46. The van der Waals surface area contributed by atoms with Gasteiger partial charge in [0.15, 0.2) is 0 Å². The van der Waals surface area contributed by atoms with E-state index in [0.717, 1.165) is 44.2 Å². The summed E-state index contributed by atoms with van der Waals surface area (Å²) in [5.74, 6) is 7.56. The minimum absolute atomic E-state index is 0.0250. The summed E-state index contributed by atoms with van der Waals surface area (Å²) in [7, 11) is 1.78. The van der Waals surface area contributed by atoms with Gasteiger partial charge in [-0.25, -0.2) is 9.37 Å². The summed E-state index contributed by atoms with van der Waals surface area (Å²) >= 11 is 0. The van der Waals surface area contributed by atoms with Crippen LogP contribution in [-0.4, -0.2) is 41.6 Å². The highest BCUT2D eigenvalue weighted by Crippen LogP contribution is 2.24. The normalized spacial score (nSPS) is 18.5. The molecule has 3 atom stereocenters. The van der Waals surface area contributed by atoms with E-state index in [-0.39, 0.29) is 29.7 Å². The smallest absolute Gasteiger partial charge is 0.237 e. The highest BCUT2D eigenvalue weighted by Gasteiger charge is 2.23. The van der Waals surface area contributed by atoms with Crippen LogP contribution in [0.2, 0.25) is 0 Å². The first kappa shape index (κ1) is 24.5. The number of carbonyl (C=O) groups is 1. The number of rotatable bonds is 8. The molecule has 1 unspecified atom stereocenters. The SMILES string of the molecule is CCCNc1nc(Nc2cccc(F)c2)ncc1C#C[C@@H]1CCCC(NC(=O)[C@H](C)NC)C1. The molecule has 0 saturated heterocycles. The first-order chi connectivity index (χ1) is 16.0. The summed E-state index contributed by atoms with van der Waals surface area (Å²) in [5, 5.41) is 12.5. The molecule has 1 saturated carbocycles. The largest absolute Gasteiger partial charge is 0.369 e. The van der Waals surface area contributed by atoms with Crippen LogP contribution >= 0.6 is 0 Å². The van der Waals surface area contributed by atoms with E-state index in [1.807, 2.05) is 6.92 Å². The molecule has 0 spiro atoms. The molecule has 1 amide bonds. The predicted molar refractivity (Wildman–Crippen MR) is 130 cm³/mol. The number of aromatic nitrogens is 2. The summed E-state index contributed by atoms with van der Waals surface area (Å²) in [4.78, 5) is 21.1. The van der Waals surface area contributed by atoms with E-state index < -0.39 is 0 Å². The molecule has 1 heterocycles.